The van der Waals surface area contributed by atoms with Crippen LogP contribution in [0.1, 0.15) is 11.7 Å². The lowest BCUT2D eigenvalue weighted by molar-refractivity contribution is 0.0622. The highest BCUT2D eigenvalue weighted by atomic mass is 16.6. The second-order valence-electron chi connectivity index (χ2n) is 6.72. The van der Waals surface area contributed by atoms with Crippen LogP contribution >= 0.6 is 0 Å². The Morgan fingerprint density at radius 1 is 1.21 bits per heavy atom. The van der Waals surface area contributed by atoms with Crippen molar-refractivity contribution in [1.29, 1.82) is 0 Å². The molecule has 10 nitrogen and oxygen atoms in total. The summed E-state index contributed by atoms with van der Waals surface area (Å²) in [5, 5.41) is 14.0. The Balaban J connectivity index is 1.34. The number of methoxy groups -OCH3 is 2. The van der Waals surface area contributed by atoms with Gasteiger partial charge in [0.15, 0.2) is 0 Å². The summed E-state index contributed by atoms with van der Waals surface area (Å²) in [5.74, 6) is 0.727. The van der Waals surface area contributed by atoms with E-state index in [2.05, 4.69) is 20.9 Å². The number of carbonyl (C=O) groups excluding carboxylic acids is 1. The van der Waals surface area contributed by atoms with Gasteiger partial charge in [-0.25, -0.2) is 9.48 Å². The first-order chi connectivity index (χ1) is 13.7. The lowest BCUT2D eigenvalue weighted by Crippen LogP contribution is -2.45. The van der Waals surface area contributed by atoms with E-state index in [1.807, 2.05) is 6.20 Å². The molecule has 3 heterocycles. The number of anilines is 1. The van der Waals surface area contributed by atoms with E-state index >= 15 is 0 Å². The Hall–Kier alpha value is -2.69. The van der Waals surface area contributed by atoms with Crippen molar-refractivity contribution in [3.05, 3.63) is 36.2 Å². The number of urea groups is 1. The van der Waals surface area contributed by atoms with Crippen molar-refractivity contribution in [2.24, 2.45) is 0 Å². The van der Waals surface area contributed by atoms with E-state index in [9.17, 15) is 4.79 Å². The molecule has 2 fully saturated rings. The monoisotopic (exact) mass is 389 g/mol. The van der Waals surface area contributed by atoms with Crippen LogP contribution < -0.4 is 15.4 Å². The fourth-order valence-corrected chi connectivity index (χ4v) is 3.53. The fourth-order valence-electron chi connectivity index (χ4n) is 3.53. The number of benzene rings is 1. The minimum Gasteiger partial charge on any atom is -0.497 e. The lowest BCUT2D eigenvalue weighted by Gasteiger charge is -2.18. The van der Waals surface area contributed by atoms with Crippen LogP contribution in [0, 0.1) is 0 Å². The van der Waals surface area contributed by atoms with Gasteiger partial charge in [-0.3, -0.25) is 0 Å². The average Bonchev–Trinajstić information content (AvgIpc) is 3.40. The molecule has 0 saturated carbocycles. The molecule has 4 atom stereocenters. The van der Waals surface area contributed by atoms with Crippen LogP contribution in [0.25, 0.3) is 0 Å². The van der Waals surface area contributed by atoms with Gasteiger partial charge < -0.3 is 29.6 Å². The van der Waals surface area contributed by atoms with Crippen LogP contribution in [0.4, 0.5) is 10.5 Å². The lowest BCUT2D eigenvalue weighted by atomic mass is 10.1. The molecule has 1 aromatic carbocycles. The Labute approximate surface area is 162 Å². The Morgan fingerprint density at radius 2 is 2.00 bits per heavy atom. The second kappa shape index (κ2) is 8.13. The van der Waals surface area contributed by atoms with E-state index in [0.717, 1.165) is 11.4 Å². The van der Waals surface area contributed by atoms with Crippen molar-refractivity contribution in [2.75, 3.05) is 32.8 Å². The summed E-state index contributed by atoms with van der Waals surface area (Å²) in [4.78, 5) is 12.3. The zero-order chi connectivity index (χ0) is 19.5. The number of hydrogen-bond acceptors (Lipinski definition) is 7. The first kappa shape index (κ1) is 18.7. The van der Waals surface area contributed by atoms with Crippen molar-refractivity contribution in [3.8, 4) is 5.75 Å². The zero-order valence-corrected chi connectivity index (χ0v) is 15.7. The molecule has 2 saturated heterocycles. The van der Waals surface area contributed by atoms with Crippen LogP contribution in [0.2, 0.25) is 0 Å². The van der Waals surface area contributed by atoms with Gasteiger partial charge in [-0.1, -0.05) is 5.21 Å². The number of rotatable bonds is 6. The maximum absolute atomic E-state index is 12.3. The number of hydrogen-bond donors (Lipinski definition) is 2. The van der Waals surface area contributed by atoms with Gasteiger partial charge in [0.25, 0.3) is 0 Å². The van der Waals surface area contributed by atoms with E-state index in [0.29, 0.717) is 25.5 Å². The van der Waals surface area contributed by atoms with Crippen LogP contribution in [-0.2, 0) is 20.8 Å². The molecule has 1 aromatic heterocycles. The molecule has 0 aliphatic carbocycles. The summed E-state index contributed by atoms with van der Waals surface area (Å²) in [6.45, 7) is 1.23. The predicted molar refractivity (Wildman–Crippen MR) is 98.2 cm³/mol. The number of fused-ring (bicyclic) bond motifs is 1. The fraction of sp³-hybridized carbons (Fsp3) is 0.500. The molecule has 10 heteroatoms. The first-order valence-corrected chi connectivity index (χ1v) is 9.02. The number of nitrogens with zero attached hydrogens (tertiary/aromatic N) is 3. The highest BCUT2D eigenvalue weighted by Crippen LogP contribution is 2.34. The quantitative estimate of drug-likeness (QED) is 0.757. The molecule has 0 radical (unpaired) electrons. The van der Waals surface area contributed by atoms with Gasteiger partial charge in [-0.05, 0) is 24.3 Å². The molecular weight excluding hydrogens is 366 g/mol. The highest BCUT2D eigenvalue weighted by molar-refractivity contribution is 5.89. The Morgan fingerprint density at radius 3 is 2.75 bits per heavy atom. The third-order valence-electron chi connectivity index (χ3n) is 4.88. The highest BCUT2D eigenvalue weighted by Gasteiger charge is 2.49. The summed E-state index contributed by atoms with van der Waals surface area (Å²) in [6.07, 6.45) is 1.41. The van der Waals surface area contributed by atoms with Crippen molar-refractivity contribution < 1.29 is 23.7 Å². The van der Waals surface area contributed by atoms with Crippen LogP contribution in [0.5, 0.6) is 5.75 Å². The summed E-state index contributed by atoms with van der Waals surface area (Å²) >= 11 is 0. The standard InChI is InChI=1S/C18H23N5O5/c1-25-8-12-7-23(22-21-12)15-10-28-16-14(9-27-17(15)16)20-18(24)19-11-3-5-13(26-2)6-4-11/h3-7,14-17H,8-10H2,1-2H3,(H2,19,20,24). The van der Waals surface area contributed by atoms with Gasteiger partial charge in [-0.15, -0.1) is 5.10 Å². The molecule has 4 rings (SSSR count). The maximum Gasteiger partial charge on any atom is 0.319 e. The molecular formula is C18H23N5O5. The molecule has 28 heavy (non-hydrogen) atoms. The zero-order valence-electron chi connectivity index (χ0n) is 15.7. The molecule has 2 aliphatic rings. The van der Waals surface area contributed by atoms with Gasteiger partial charge in [0, 0.05) is 12.8 Å². The normalized spacial score (nSPS) is 26.1. The number of carbonyl (C=O) groups is 1. The SMILES string of the molecule is COCc1cn(C2COC3C(NC(=O)Nc4ccc(OC)cc4)COC32)nn1. The minimum absolute atomic E-state index is 0.0837. The van der Waals surface area contributed by atoms with Gasteiger partial charge in [0.1, 0.15) is 29.7 Å². The smallest absolute Gasteiger partial charge is 0.319 e. The average molecular weight is 389 g/mol. The van der Waals surface area contributed by atoms with Crippen molar-refractivity contribution in [1.82, 2.24) is 20.3 Å². The number of aromatic nitrogens is 3. The Kier molecular flexibility index (Phi) is 5.42. The summed E-state index contributed by atoms with van der Waals surface area (Å²) in [7, 11) is 3.21. The molecule has 0 bridgehead atoms. The van der Waals surface area contributed by atoms with Crippen molar-refractivity contribution >= 4 is 11.7 Å². The summed E-state index contributed by atoms with van der Waals surface area (Å²) in [5.41, 5.74) is 1.42. The van der Waals surface area contributed by atoms with Crippen molar-refractivity contribution in [3.63, 3.8) is 0 Å². The molecule has 2 amide bonds. The van der Waals surface area contributed by atoms with Gasteiger partial charge in [0.2, 0.25) is 0 Å². The third kappa shape index (κ3) is 3.79. The van der Waals surface area contributed by atoms with Crippen LogP contribution in [0.3, 0.4) is 0 Å². The number of amides is 2. The van der Waals surface area contributed by atoms with E-state index in [-0.39, 0.29) is 30.3 Å². The minimum atomic E-state index is -0.311. The molecule has 150 valence electrons. The topological polar surface area (TPSA) is 109 Å². The molecule has 2 aromatic rings. The largest absolute Gasteiger partial charge is 0.497 e. The van der Waals surface area contributed by atoms with E-state index < -0.39 is 0 Å². The van der Waals surface area contributed by atoms with Gasteiger partial charge >= 0.3 is 6.03 Å². The third-order valence-corrected chi connectivity index (χ3v) is 4.88. The number of ether oxygens (including phenoxy) is 4. The Bertz CT molecular complexity index is 811. The second-order valence-corrected chi connectivity index (χ2v) is 6.72. The van der Waals surface area contributed by atoms with Crippen molar-refractivity contribution in [2.45, 2.75) is 30.9 Å². The van der Waals surface area contributed by atoms with Gasteiger partial charge in [-0.2, -0.15) is 0 Å². The summed E-state index contributed by atoms with van der Waals surface area (Å²) < 4.78 is 23.7. The first-order valence-electron chi connectivity index (χ1n) is 9.02. The number of nitrogens with one attached hydrogen (secondary N) is 2. The van der Waals surface area contributed by atoms with Crippen LogP contribution in [0.15, 0.2) is 30.5 Å². The molecule has 0 spiro atoms. The van der Waals surface area contributed by atoms with Crippen LogP contribution in [-0.4, -0.2) is 66.7 Å². The molecule has 4 unspecified atom stereocenters. The summed E-state index contributed by atoms with van der Waals surface area (Å²) in [6, 6.07) is 6.48. The van der Waals surface area contributed by atoms with Gasteiger partial charge in [0.05, 0.1) is 39.2 Å². The van der Waals surface area contributed by atoms with E-state index in [1.54, 1.807) is 43.2 Å². The predicted octanol–water partition coefficient (Wildman–Crippen LogP) is 0.962. The van der Waals surface area contributed by atoms with E-state index in [4.69, 9.17) is 18.9 Å². The van der Waals surface area contributed by atoms with E-state index in [1.165, 1.54) is 0 Å². The molecule has 2 N–H and O–H groups in total. The maximum atomic E-state index is 12.3. The molecule has 2 aliphatic heterocycles.